The minimum atomic E-state index is -2.56. The van der Waals surface area contributed by atoms with Gasteiger partial charge in [0.1, 0.15) is 5.78 Å². The van der Waals surface area contributed by atoms with Crippen molar-refractivity contribution in [1.82, 2.24) is 0 Å². The molecule has 0 amide bonds. The maximum absolute atomic E-state index is 11.8. The molecule has 0 aliphatic heterocycles. The largest absolute Gasteiger partial charge is 0.500 e. The van der Waals surface area contributed by atoms with Gasteiger partial charge < -0.3 is 24.7 Å². The molecule has 4 N–H and O–H groups in total. The van der Waals surface area contributed by atoms with Gasteiger partial charge in [-0.2, -0.15) is 0 Å². The van der Waals surface area contributed by atoms with Crippen LogP contribution in [0, 0.1) is 0 Å². The lowest BCUT2D eigenvalue weighted by atomic mass is 10.0. The molecule has 0 aliphatic carbocycles. The first kappa shape index (κ1) is 18.7. The van der Waals surface area contributed by atoms with Crippen LogP contribution in [-0.4, -0.2) is 48.5 Å². The van der Waals surface area contributed by atoms with Crippen molar-refractivity contribution in [2.75, 3.05) is 27.9 Å². The maximum Gasteiger partial charge on any atom is 0.500 e. The van der Waals surface area contributed by atoms with Crippen molar-refractivity contribution >= 4 is 14.6 Å². The number of ketones is 1. The molecule has 0 aromatic carbocycles. The van der Waals surface area contributed by atoms with Gasteiger partial charge in [0.25, 0.3) is 0 Å². The molecule has 0 aromatic heterocycles. The first-order valence-corrected chi connectivity index (χ1v) is 8.62. The van der Waals surface area contributed by atoms with Gasteiger partial charge in [0.05, 0.1) is 6.04 Å². The Kier molecular flexibility index (Phi) is 10.3. The fourth-order valence-corrected chi connectivity index (χ4v) is 3.61. The molecule has 0 unspecified atom stereocenters. The van der Waals surface area contributed by atoms with Crippen molar-refractivity contribution in [3.63, 3.8) is 0 Å². The maximum atomic E-state index is 11.8. The SMILES string of the molecule is CO[Si](CCCC(=O)[C@@H](N)CCCCN)(OC)OC. The van der Waals surface area contributed by atoms with Crippen LogP contribution in [0.4, 0.5) is 0 Å². The van der Waals surface area contributed by atoms with E-state index in [1.165, 1.54) is 0 Å². The average Bonchev–Trinajstić information content (AvgIpc) is 2.44. The summed E-state index contributed by atoms with van der Waals surface area (Å²) in [6.07, 6.45) is 3.63. The van der Waals surface area contributed by atoms with Crippen LogP contribution in [0.25, 0.3) is 0 Å². The number of Topliss-reactive ketones (excluding diaryl/α,β-unsaturated/α-hetero) is 1. The van der Waals surface area contributed by atoms with Crippen LogP contribution in [-0.2, 0) is 18.1 Å². The van der Waals surface area contributed by atoms with Crippen LogP contribution in [0.2, 0.25) is 6.04 Å². The molecular weight excluding hydrogens is 264 g/mol. The number of nitrogens with two attached hydrogens (primary N) is 2. The minimum absolute atomic E-state index is 0.0863. The van der Waals surface area contributed by atoms with Gasteiger partial charge in [-0.15, -0.1) is 0 Å². The first-order chi connectivity index (χ1) is 9.05. The summed E-state index contributed by atoms with van der Waals surface area (Å²) in [5.41, 5.74) is 11.2. The van der Waals surface area contributed by atoms with Crippen molar-refractivity contribution in [3.8, 4) is 0 Å². The topological polar surface area (TPSA) is 96.8 Å². The standard InChI is InChI=1S/C12H28N2O4Si/c1-16-19(17-2,18-3)10-6-8-12(15)11(14)7-4-5-9-13/h11H,4-10,13-14H2,1-3H3/t11-/m0/s1. The van der Waals surface area contributed by atoms with E-state index in [0.717, 1.165) is 12.8 Å². The zero-order valence-corrected chi connectivity index (χ0v) is 13.3. The first-order valence-electron chi connectivity index (χ1n) is 6.69. The molecule has 0 saturated heterocycles. The zero-order chi connectivity index (χ0) is 14.7. The Morgan fingerprint density at radius 2 is 1.68 bits per heavy atom. The molecule has 0 spiro atoms. The highest BCUT2D eigenvalue weighted by Crippen LogP contribution is 2.17. The summed E-state index contributed by atoms with van der Waals surface area (Å²) in [5.74, 6) is 0.0863. The van der Waals surface area contributed by atoms with Crippen molar-refractivity contribution in [1.29, 1.82) is 0 Å². The monoisotopic (exact) mass is 292 g/mol. The summed E-state index contributed by atoms with van der Waals surface area (Å²) < 4.78 is 15.9. The number of carbonyl (C=O) groups excluding carboxylic acids is 1. The number of carbonyl (C=O) groups is 1. The highest BCUT2D eigenvalue weighted by molar-refractivity contribution is 6.60. The predicted molar refractivity (Wildman–Crippen MR) is 76.7 cm³/mol. The van der Waals surface area contributed by atoms with E-state index in [-0.39, 0.29) is 11.8 Å². The van der Waals surface area contributed by atoms with Gasteiger partial charge in [0.2, 0.25) is 0 Å². The van der Waals surface area contributed by atoms with Gasteiger partial charge in [0.15, 0.2) is 0 Å². The lowest BCUT2D eigenvalue weighted by molar-refractivity contribution is -0.120. The summed E-state index contributed by atoms with van der Waals surface area (Å²) in [7, 11) is 2.15. The lowest BCUT2D eigenvalue weighted by Gasteiger charge is -2.24. The van der Waals surface area contributed by atoms with E-state index >= 15 is 0 Å². The van der Waals surface area contributed by atoms with Crippen molar-refractivity contribution < 1.29 is 18.1 Å². The molecule has 7 heteroatoms. The van der Waals surface area contributed by atoms with Crippen LogP contribution in [0.3, 0.4) is 0 Å². The average molecular weight is 292 g/mol. The second-order valence-corrected chi connectivity index (χ2v) is 7.60. The molecular formula is C12H28N2O4Si. The Labute approximate surface area is 117 Å². The molecule has 0 aromatic rings. The second kappa shape index (κ2) is 10.5. The van der Waals surface area contributed by atoms with E-state index < -0.39 is 8.80 Å². The summed E-state index contributed by atoms with van der Waals surface area (Å²) >= 11 is 0. The Morgan fingerprint density at radius 1 is 1.11 bits per heavy atom. The summed E-state index contributed by atoms with van der Waals surface area (Å²) in [5, 5.41) is 0. The normalized spacial score (nSPS) is 13.5. The molecule has 0 fully saturated rings. The van der Waals surface area contributed by atoms with Crippen LogP contribution in [0.5, 0.6) is 0 Å². The summed E-state index contributed by atoms with van der Waals surface area (Å²) in [6.45, 7) is 0.643. The third-order valence-electron chi connectivity index (χ3n) is 3.22. The molecule has 0 heterocycles. The van der Waals surface area contributed by atoms with E-state index in [9.17, 15) is 4.79 Å². The lowest BCUT2D eigenvalue weighted by Crippen LogP contribution is -2.42. The van der Waals surface area contributed by atoms with Gasteiger partial charge in [0, 0.05) is 33.8 Å². The Balaban J connectivity index is 3.95. The molecule has 6 nitrogen and oxygen atoms in total. The van der Waals surface area contributed by atoms with E-state index in [1.54, 1.807) is 21.3 Å². The molecule has 19 heavy (non-hydrogen) atoms. The smallest absolute Gasteiger partial charge is 0.377 e. The molecule has 0 aliphatic rings. The summed E-state index contributed by atoms with van der Waals surface area (Å²) in [6, 6.07) is 0.243. The van der Waals surface area contributed by atoms with E-state index in [0.29, 0.717) is 31.9 Å². The molecule has 114 valence electrons. The Hall–Kier alpha value is -0.313. The van der Waals surface area contributed by atoms with E-state index in [1.807, 2.05) is 0 Å². The second-order valence-electron chi connectivity index (χ2n) is 4.51. The number of unbranched alkanes of at least 4 members (excludes halogenated alkanes) is 1. The quantitative estimate of drug-likeness (QED) is 0.405. The Morgan fingerprint density at radius 3 is 2.16 bits per heavy atom. The fraction of sp³-hybridized carbons (Fsp3) is 0.917. The molecule has 0 rings (SSSR count). The predicted octanol–water partition coefficient (Wildman–Crippen LogP) is 0.670. The third-order valence-corrected chi connectivity index (χ3v) is 6.05. The van der Waals surface area contributed by atoms with Crippen molar-refractivity contribution in [2.45, 2.75) is 44.2 Å². The third kappa shape index (κ3) is 7.14. The van der Waals surface area contributed by atoms with Crippen LogP contribution in [0.1, 0.15) is 32.1 Å². The fourth-order valence-electron chi connectivity index (χ4n) is 1.89. The van der Waals surface area contributed by atoms with Gasteiger partial charge in [-0.3, -0.25) is 4.79 Å². The van der Waals surface area contributed by atoms with Crippen LogP contribution >= 0.6 is 0 Å². The highest BCUT2D eigenvalue weighted by Gasteiger charge is 2.37. The number of hydrogen-bond acceptors (Lipinski definition) is 6. The molecule has 1 atom stereocenters. The van der Waals surface area contributed by atoms with Gasteiger partial charge in [-0.05, 0) is 25.8 Å². The highest BCUT2D eigenvalue weighted by atomic mass is 28.4. The van der Waals surface area contributed by atoms with Gasteiger partial charge >= 0.3 is 8.80 Å². The summed E-state index contributed by atoms with van der Waals surface area (Å²) in [4.78, 5) is 11.8. The number of hydrogen-bond donors (Lipinski definition) is 2. The van der Waals surface area contributed by atoms with Crippen LogP contribution < -0.4 is 11.5 Å². The minimum Gasteiger partial charge on any atom is -0.377 e. The molecule has 0 bridgehead atoms. The molecule has 0 saturated carbocycles. The number of rotatable bonds is 12. The van der Waals surface area contributed by atoms with Gasteiger partial charge in [-0.1, -0.05) is 6.42 Å². The van der Waals surface area contributed by atoms with Crippen molar-refractivity contribution in [3.05, 3.63) is 0 Å². The van der Waals surface area contributed by atoms with E-state index in [2.05, 4.69) is 0 Å². The van der Waals surface area contributed by atoms with Crippen LogP contribution in [0.15, 0.2) is 0 Å². The zero-order valence-electron chi connectivity index (χ0n) is 12.3. The Bertz CT molecular complexity index is 242. The molecule has 0 radical (unpaired) electrons. The van der Waals surface area contributed by atoms with Crippen molar-refractivity contribution in [2.24, 2.45) is 11.5 Å². The van der Waals surface area contributed by atoms with E-state index in [4.69, 9.17) is 24.7 Å². The van der Waals surface area contributed by atoms with Gasteiger partial charge in [-0.25, -0.2) is 0 Å².